The van der Waals surface area contributed by atoms with Crippen molar-refractivity contribution in [1.29, 1.82) is 0 Å². The number of hydrogen-bond acceptors (Lipinski definition) is 12. The van der Waals surface area contributed by atoms with Gasteiger partial charge in [-0.1, -0.05) is 0 Å². The Labute approximate surface area is 203 Å². The van der Waals surface area contributed by atoms with E-state index in [1.807, 2.05) is 0 Å². The van der Waals surface area contributed by atoms with Crippen LogP contribution in [0.5, 0.6) is 0 Å². The summed E-state index contributed by atoms with van der Waals surface area (Å²) in [5.41, 5.74) is 0. The van der Waals surface area contributed by atoms with Crippen molar-refractivity contribution in [1.82, 2.24) is 21.3 Å². The van der Waals surface area contributed by atoms with Gasteiger partial charge in [0.25, 0.3) is 0 Å². The lowest BCUT2D eigenvalue weighted by atomic mass is 10.1. The average Bonchev–Trinajstić information content (AvgIpc) is 2.80. The van der Waals surface area contributed by atoms with E-state index in [1.54, 1.807) is 6.26 Å². The largest absolute Gasteiger partial charge is 0.480 e. The normalized spacial score (nSPS) is 15.4. The lowest BCUT2D eigenvalue weighted by Gasteiger charge is -2.23. The van der Waals surface area contributed by atoms with E-state index in [9.17, 15) is 44.4 Å². The summed E-state index contributed by atoms with van der Waals surface area (Å²) in [6.45, 7) is 0.827. The van der Waals surface area contributed by atoms with E-state index in [1.165, 1.54) is 14.0 Å². The molecule has 0 aromatic heterocycles. The monoisotopic (exact) mass is 526 g/mol. The molecule has 0 bridgehead atoms. The van der Waals surface area contributed by atoms with E-state index in [0.717, 1.165) is 11.8 Å². The predicted octanol–water partition coefficient (Wildman–Crippen LogP) is -4.90. The molecule has 16 nitrogen and oxygen atoms in total. The van der Waals surface area contributed by atoms with Gasteiger partial charge in [-0.3, -0.25) is 14.4 Å². The lowest BCUT2D eigenvalue weighted by molar-refractivity contribution is -0.191. The summed E-state index contributed by atoms with van der Waals surface area (Å²) in [5, 5.41) is 55.6. The van der Waals surface area contributed by atoms with E-state index in [2.05, 4.69) is 21.3 Å². The second-order valence-electron chi connectivity index (χ2n) is 6.86. The number of thioether (sulfide) groups is 1. The van der Waals surface area contributed by atoms with Crippen molar-refractivity contribution in [3.8, 4) is 0 Å². The summed E-state index contributed by atoms with van der Waals surface area (Å²) in [5.74, 6) is -5.50. The molecular formula is C18H30N4O12S. The summed E-state index contributed by atoms with van der Waals surface area (Å²) in [7, 11) is 1.49. The molecule has 0 aliphatic rings. The van der Waals surface area contributed by atoms with Crippen molar-refractivity contribution in [2.24, 2.45) is 0 Å². The van der Waals surface area contributed by atoms with E-state index >= 15 is 0 Å². The van der Waals surface area contributed by atoms with Crippen LogP contribution in [0.15, 0.2) is 0 Å². The average molecular weight is 527 g/mol. The van der Waals surface area contributed by atoms with Crippen LogP contribution in [0, 0.1) is 0 Å². The minimum absolute atomic E-state index is 0.0385. The fourth-order valence-electron chi connectivity index (χ4n) is 2.20. The molecule has 0 aromatic rings. The summed E-state index contributed by atoms with van der Waals surface area (Å²) >= 11 is 1.16. The fourth-order valence-corrected chi connectivity index (χ4v) is 2.76. The van der Waals surface area contributed by atoms with Crippen LogP contribution in [0.1, 0.15) is 13.3 Å². The van der Waals surface area contributed by atoms with Crippen LogP contribution in [0.4, 0.5) is 0 Å². The van der Waals surface area contributed by atoms with Gasteiger partial charge in [0, 0.05) is 12.3 Å². The Kier molecular flexibility index (Phi) is 17.8. The first-order chi connectivity index (χ1) is 16.3. The standard InChI is InChI=1S/C17H30N4O10S.CO2/c1-7(18-2)14(26)20-8(15(27)21-9(6-32-3)16(28)29)4-11(23)19-5-10(22)12(24)13(25)17(30)31;2-1-3/h7-10,12-13,18,22,24-25H,4-6H2,1-3H3,(H,19,23)(H,20,26)(H,21,27)(H,28,29)(H,30,31);/t7-,8-,9-,10-,12+,13-;/m0./s1. The van der Waals surface area contributed by atoms with Gasteiger partial charge in [0.1, 0.15) is 24.3 Å². The molecule has 0 rings (SSSR count). The molecule has 6 atom stereocenters. The van der Waals surface area contributed by atoms with Crippen molar-refractivity contribution in [3.05, 3.63) is 0 Å². The SMILES string of the molecule is CN[C@@H](C)C(=O)N[C@@H](CC(=O)NC[C@H](O)[C@@H](O)[C@H](O)C(=O)O)C(=O)N[C@@H](CSC)C(=O)O.O=C=O. The Morgan fingerprint density at radius 1 is 0.914 bits per heavy atom. The van der Waals surface area contributed by atoms with Crippen LogP contribution in [-0.4, -0.2) is 123 Å². The number of amides is 3. The molecule has 0 aromatic carbocycles. The molecule has 0 fully saturated rings. The highest BCUT2D eigenvalue weighted by Gasteiger charge is 2.32. The summed E-state index contributed by atoms with van der Waals surface area (Å²) in [4.78, 5) is 75.0. The zero-order valence-corrected chi connectivity index (χ0v) is 19.9. The van der Waals surface area contributed by atoms with E-state index < -0.39 is 79.1 Å². The van der Waals surface area contributed by atoms with Gasteiger partial charge in [-0.2, -0.15) is 21.4 Å². The minimum Gasteiger partial charge on any atom is -0.480 e. The third kappa shape index (κ3) is 14.0. The first-order valence-electron chi connectivity index (χ1n) is 9.79. The number of rotatable bonds is 15. The molecule has 0 aliphatic carbocycles. The molecule has 9 N–H and O–H groups in total. The predicted molar refractivity (Wildman–Crippen MR) is 117 cm³/mol. The molecule has 0 aliphatic heterocycles. The summed E-state index contributed by atoms with van der Waals surface area (Å²) < 4.78 is 0. The second kappa shape index (κ2) is 18.3. The number of carbonyl (C=O) groups is 5. The number of aliphatic hydroxyl groups is 3. The van der Waals surface area contributed by atoms with Crippen LogP contribution < -0.4 is 21.3 Å². The van der Waals surface area contributed by atoms with Crippen molar-refractivity contribution in [3.63, 3.8) is 0 Å². The highest BCUT2D eigenvalue weighted by atomic mass is 32.2. The number of aliphatic carboxylic acids is 2. The highest BCUT2D eigenvalue weighted by molar-refractivity contribution is 7.98. The number of carboxylic acid groups (broad SMARTS) is 2. The third-order valence-electron chi connectivity index (χ3n) is 4.28. The number of carboxylic acids is 2. The molecule has 200 valence electrons. The second-order valence-corrected chi connectivity index (χ2v) is 7.77. The number of nitrogens with one attached hydrogen (secondary N) is 4. The number of hydrogen-bond donors (Lipinski definition) is 9. The Balaban J connectivity index is 0. The van der Waals surface area contributed by atoms with Gasteiger partial charge < -0.3 is 46.8 Å². The Morgan fingerprint density at radius 3 is 1.86 bits per heavy atom. The first-order valence-corrected chi connectivity index (χ1v) is 11.2. The molecular weight excluding hydrogens is 496 g/mol. The van der Waals surface area contributed by atoms with Crippen molar-refractivity contribution < 1.29 is 59.1 Å². The fraction of sp³-hybridized carbons (Fsp3) is 0.667. The smallest absolute Gasteiger partial charge is 0.373 e. The minimum atomic E-state index is -2.29. The molecule has 0 saturated heterocycles. The van der Waals surface area contributed by atoms with E-state index in [0.29, 0.717) is 0 Å². The Bertz CT molecular complexity index is 762. The first kappa shape index (κ1) is 34.1. The molecule has 0 heterocycles. The zero-order valence-electron chi connectivity index (χ0n) is 19.1. The van der Waals surface area contributed by atoms with Crippen LogP contribution in [-0.2, 0) is 33.6 Å². The van der Waals surface area contributed by atoms with Gasteiger partial charge in [-0.15, -0.1) is 0 Å². The van der Waals surface area contributed by atoms with Gasteiger partial charge in [0.15, 0.2) is 6.10 Å². The molecule has 17 heteroatoms. The van der Waals surface area contributed by atoms with Gasteiger partial charge in [-0.25, -0.2) is 9.59 Å². The Hall–Kier alpha value is -3.08. The number of aliphatic hydroxyl groups excluding tert-OH is 3. The maximum absolute atomic E-state index is 12.5. The van der Waals surface area contributed by atoms with Crippen molar-refractivity contribution in [2.75, 3.05) is 25.6 Å². The lowest BCUT2D eigenvalue weighted by Crippen LogP contribution is -2.56. The molecule has 0 saturated carbocycles. The van der Waals surface area contributed by atoms with Gasteiger partial charge in [-0.05, 0) is 20.2 Å². The topological polar surface area (TPSA) is 269 Å². The Morgan fingerprint density at radius 2 is 1.43 bits per heavy atom. The molecule has 0 spiro atoms. The van der Waals surface area contributed by atoms with Crippen LogP contribution >= 0.6 is 11.8 Å². The quantitative estimate of drug-likeness (QED) is 0.0968. The molecule has 3 amide bonds. The van der Waals surface area contributed by atoms with Gasteiger partial charge in [0.2, 0.25) is 17.7 Å². The maximum atomic E-state index is 12.5. The van der Waals surface area contributed by atoms with E-state index in [4.69, 9.17) is 14.7 Å². The highest BCUT2D eigenvalue weighted by Crippen LogP contribution is 2.03. The van der Waals surface area contributed by atoms with Gasteiger partial charge >= 0.3 is 18.1 Å². The van der Waals surface area contributed by atoms with Crippen LogP contribution in [0.2, 0.25) is 0 Å². The van der Waals surface area contributed by atoms with Crippen LogP contribution in [0.3, 0.4) is 0 Å². The van der Waals surface area contributed by atoms with Crippen molar-refractivity contribution >= 4 is 47.6 Å². The number of likely N-dealkylation sites (N-methyl/N-ethyl adjacent to an activating group) is 1. The van der Waals surface area contributed by atoms with Crippen molar-refractivity contribution in [2.45, 2.75) is 49.8 Å². The van der Waals surface area contributed by atoms with Crippen LogP contribution in [0.25, 0.3) is 0 Å². The summed E-state index contributed by atoms with van der Waals surface area (Å²) in [6, 6.07) is -3.46. The number of carbonyl (C=O) groups excluding carboxylic acids is 5. The summed E-state index contributed by atoms with van der Waals surface area (Å²) in [6.07, 6.45) is -4.98. The molecule has 35 heavy (non-hydrogen) atoms. The molecule has 0 unspecified atom stereocenters. The maximum Gasteiger partial charge on any atom is 0.373 e. The van der Waals surface area contributed by atoms with Gasteiger partial charge in [0.05, 0.1) is 12.5 Å². The molecule has 0 radical (unpaired) electrons. The zero-order chi connectivity index (χ0) is 27.7. The third-order valence-corrected chi connectivity index (χ3v) is 4.94. The van der Waals surface area contributed by atoms with E-state index in [-0.39, 0.29) is 11.9 Å².